The van der Waals surface area contributed by atoms with Crippen LogP contribution < -0.4 is 10.2 Å². The van der Waals surface area contributed by atoms with Gasteiger partial charge in [0.15, 0.2) is 0 Å². The van der Waals surface area contributed by atoms with Gasteiger partial charge in [0.1, 0.15) is 0 Å². The van der Waals surface area contributed by atoms with Crippen LogP contribution in [0.3, 0.4) is 0 Å². The number of benzene rings is 2. The maximum absolute atomic E-state index is 11.6. The van der Waals surface area contributed by atoms with Gasteiger partial charge in [0, 0.05) is 50.5 Å². The maximum atomic E-state index is 11.6. The van der Waals surface area contributed by atoms with Crippen LogP contribution in [-0.4, -0.2) is 43.5 Å². The summed E-state index contributed by atoms with van der Waals surface area (Å²) in [6, 6.07) is 16.0. The van der Waals surface area contributed by atoms with Crippen LogP contribution in [0.25, 0.3) is 0 Å². The molecule has 0 atom stereocenters. The molecule has 0 radical (unpaired) electrons. The molecule has 4 rings (SSSR count). The number of anilines is 2. The molecule has 4 nitrogen and oxygen atoms in total. The highest BCUT2D eigenvalue weighted by atomic mass is 35.5. The number of nitrogens with zero attached hydrogens (tertiary/aromatic N) is 2. The zero-order valence-corrected chi connectivity index (χ0v) is 18.3. The monoisotopic (exact) mass is 413 g/mol. The molecule has 2 heterocycles. The smallest absolute Gasteiger partial charge is 0.224 e. The highest BCUT2D eigenvalue weighted by molar-refractivity contribution is 5.94. The van der Waals surface area contributed by atoms with Gasteiger partial charge in [-0.25, -0.2) is 0 Å². The molecular weight excluding hydrogens is 382 g/mol. The van der Waals surface area contributed by atoms with E-state index >= 15 is 0 Å². The van der Waals surface area contributed by atoms with E-state index < -0.39 is 0 Å². The van der Waals surface area contributed by atoms with E-state index in [9.17, 15) is 4.79 Å². The lowest BCUT2D eigenvalue weighted by molar-refractivity contribution is -0.116. The number of carbonyl (C=O) groups excluding carboxylic acids is 1. The molecule has 1 saturated heterocycles. The number of halogens is 1. The van der Waals surface area contributed by atoms with E-state index in [-0.39, 0.29) is 18.3 Å². The van der Waals surface area contributed by atoms with Gasteiger partial charge >= 0.3 is 0 Å². The summed E-state index contributed by atoms with van der Waals surface area (Å²) >= 11 is 0. The molecule has 0 unspecified atom stereocenters. The SMILES string of the molecule is Cc1ccc(CCN2CCC(N(C)c3ccc4c(c3)CCC(=O)N4)CC2)cc1.Cl. The third-order valence-electron chi connectivity index (χ3n) is 6.33. The molecule has 2 aliphatic rings. The topological polar surface area (TPSA) is 35.6 Å². The van der Waals surface area contributed by atoms with Gasteiger partial charge in [0.05, 0.1) is 0 Å². The van der Waals surface area contributed by atoms with Crippen LogP contribution in [0.2, 0.25) is 0 Å². The molecule has 1 fully saturated rings. The minimum absolute atomic E-state index is 0. The second kappa shape index (κ2) is 9.64. The quantitative estimate of drug-likeness (QED) is 0.786. The van der Waals surface area contributed by atoms with Crippen LogP contribution >= 0.6 is 12.4 Å². The average molecular weight is 414 g/mol. The second-order valence-electron chi connectivity index (χ2n) is 8.31. The molecule has 0 spiro atoms. The van der Waals surface area contributed by atoms with Crippen LogP contribution in [0.4, 0.5) is 11.4 Å². The van der Waals surface area contributed by atoms with Crippen molar-refractivity contribution in [3.05, 3.63) is 59.2 Å². The number of hydrogen-bond donors (Lipinski definition) is 1. The molecule has 0 aliphatic carbocycles. The second-order valence-corrected chi connectivity index (χ2v) is 8.31. The zero-order valence-electron chi connectivity index (χ0n) is 17.5. The van der Waals surface area contributed by atoms with Gasteiger partial charge in [-0.05, 0) is 61.9 Å². The molecule has 5 heteroatoms. The summed E-state index contributed by atoms with van der Waals surface area (Å²) in [5, 5.41) is 2.98. The first-order valence-electron chi connectivity index (χ1n) is 10.5. The Morgan fingerprint density at radius 1 is 1.07 bits per heavy atom. The molecule has 1 N–H and O–H groups in total. The molecule has 0 bridgehead atoms. The summed E-state index contributed by atoms with van der Waals surface area (Å²) in [4.78, 5) is 16.6. The van der Waals surface area contributed by atoms with E-state index in [0.717, 1.165) is 25.1 Å². The first-order valence-corrected chi connectivity index (χ1v) is 10.5. The normalized spacial score (nSPS) is 17.2. The Labute approximate surface area is 180 Å². The summed E-state index contributed by atoms with van der Waals surface area (Å²) in [5.74, 6) is 0.131. The standard InChI is InChI=1S/C24H31N3O.ClH/c1-18-3-5-19(6-4-18)11-14-27-15-12-21(13-16-27)26(2)22-8-9-23-20(17-22)7-10-24(28)25-23;/h3-6,8-9,17,21H,7,10-16H2,1-2H3,(H,25,28);1H. The van der Waals surface area contributed by atoms with Crippen molar-refractivity contribution >= 4 is 29.7 Å². The number of fused-ring (bicyclic) bond motifs is 1. The van der Waals surface area contributed by atoms with Crippen molar-refractivity contribution in [2.45, 2.75) is 45.1 Å². The average Bonchev–Trinajstić information content (AvgIpc) is 2.73. The number of amides is 1. The summed E-state index contributed by atoms with van der Waals surface area (Å²) in [6.45, 7) is 5.63. The summed E-state index contributed by atoms with van der Waals surface area (Å²) in [7, 11) is 2.22. The van der Waals surface area contributed by atoms with Gasteiger partial charge in [-0.15, -0.1) is 12.4 Å². The Morgan fingerprint density at radius 2 is 1.79 bits per heavy atom. The third-order valence-corrected chi connectivity index (χ3v) is 6.33. The Balaban J connectivity index is 0.00000240. The molecule has 2 aromatic rings. The molecule has 1 amide bonds. The predicted molar refractivity (Wildman–Crippen MR) is 123 cm³/mol. The van der Waals surface area contributed by atoms with Crippen LogP contribution in [0.15, 0.2) is 42.5 Å². The van der Waals surface area contributed by atoms with E-state index in [4.69, 9.17) is 0 Å². The van der Waals surface area contributed by atoms with Crippen molar-refractivity contribution in [1.29, 1.82) is 0 Å². The number of rotatable bonds is 5. The fourth-order valence-corrected chi connectivity index (χ4v) is 4.37. The number of likely N-dealkylation sites (tertiary alicyclic amines) is 1. The van der Waals surface area contributed by atoms with Crippen LogP contribution in [0.5, 0.6) is 0 Å². The molecule has 2 aromatic carbocycles. The van der Waals surface area contributed by atoms with Gasteiger partial charge in [-0.1, -0.05) is 29.8 Å². The van der Waals surface area contributed by atoms with Crippen molar-refractivity contribution in [2.24, 2.45) is 0 Å². The van der Waals surface area contributed by atoms with Gasteiger partial charge in [-0.2, -0.15) is 0 Å². The number of nitrogens with one attached hydrogen (secondary N) is 1. The summed E-state index contributed by atoms with van der Waals surface area (Å²) in [5.41, 5.74) is 6.29. The van der Waals surface area contributed by atoms with Gasteiger partial charge in [-0.3, -0.25) is 4.79 Å². The van der Waals surface area contributed by atoms with Gasteiger partial charge < -0.3 is 15.1 Å². The molecule has 0 aromatic heterocycles. The van der Waals surface area contributed by atoms with Crippen LogP contribution in [-0.2, 0) is 17.6 Å². The van der Waals surface area contributed by atoms with Crippen molar-refractivity contribution in [3.63, 3.8) is 0 Å². The third kappa shape index (κ3) is 5.31. The minimum Gasteiger partial charge on any atom is -0.372 e. The van der Waals surface area contributed by atoms with Gasteiger partial charge in [0.25, 0.3) is 0 Å². The maximum Gasteiger partial charge on any atom is 0.224 e. The van der Waals surface area contributed by atoms with Crippen molar-refractivity contribution < 1.29 is 4.79 Å². The first-order chi connectivity index (χ1) is 13.6. The lowest BCUT2D eigenvalue weighted by Gasteiger charge is -2.38. The number of piperidine rings is 1. The van der Waals surface area contributed by atoms with E-state index in [1.807, 2.05) is 0 Å². The zero-order chi connectivity index (χ0) is 19.5. The Morgan fingerprint density at radius 3 is 2.52 bits per heavy atom. The van der Waals surface area contributed by atoms with Crippen molar-refractivity contribution in [2.75, 3.05) is 36.9 Å². The molecule has 156 valence electrons. The van der Waals surface area contributed by atoms with E-state index in [2.05, 4.69) is 71.6 Å². The Hall–Kier alpha value is -2.04. The number of hydrogen-bond acceptors (Lipinski definition) is 3. The predicted octanol–water partition coefficient (Wildman–Crippen LogP) is 4.44. The van der Waals surface area contributed by atoms with Crippen LogP contribution in [0.1, 0.15) is 36.0 Å². The lowest BCUT2D eigenvalue weighted by Crippen LogP contribution is -2.44. The highest BCUT2D eigenvalue weighted by Gasteiger charge is 2.23. The fourth-order valence-electron chi connectivity index (χ4n) is 4.37. The highest BCUT2D eigenvalue weighted by Crippen LogP contribution is 2.29. The molecule has 0 saturated carbocycles. The first kappa shape index (κ1) is 21.7. The summed E-state index contributed by atoms with van der Waals surface area (Å²) in [6.07, 6.45) is 4.99. The lowest BCUT2D eigenvalue weighted by atomic mass is 9.99. The molecule has 29 heavy (non-hydrogen) atoms. The number of aryl methyl sites for hydroxylation is 2. The van der Waals surface area contributed by atoms with E-state index in [0.29, 0.717) is 12.5 Å². The summed E-state index contributed by atoms with van der Waals surface area (Å²) < 4.78 is 0. The van der Waals surface area contributed by atoms with Crippen molar-refractivity contribution in [3.8, 4) is 0 Å². The molecular formula is C24H32ClN3O. The Kier molecular flexibility index (Phi) is 7.20. The molecule has 2 aliphatic heterocycles. The van der Waals surface area contributed by atoms with E-state index in [1.54, 1.807) is 0 Å². The fraction of sp³-hybridized carbons (Fsp3) is 0.458. The number of carbonyl (C=O) groups is 1. The van der Waals surface area contributed by atoms with Gasteiger partial charge in [0.2, 0.25) is 5.91 Å². The minimum atomic E-state index is 0. The van der Waals surface area contributed by atoms with Crippen LogP contribution in [0, 0.1) is 6.92 Å². The van der Waals surface area contributed by atoms with Crippen molar-refractivity contribution in [1.82, 2.24) is 4.90 Å². The largest absolute Gasteiger partial charge is 0.372 e. The van der Waals surface area contributed by atoms with E-state index in [1.165, 1.54) is 48.3 Å². The Bertz CT molecular complexity index is 829.